The molecule has 0 saturated carbocycles. The van der Waals surface area contributed by atoms with Crippen LogP contribution in [0.5, 0.6) is 0 Å². The van der Waals surface area contributed by atoms with Crippen molar-refractivity contribution in [1.29, 1.82) is 0 Å². The predicted octanol–water partition coefficient (Wildman–Crippen LogP) is 3.47. The van der Waals surface area contributed by atoms with Gasteiger partial charge in [0.1, 0.15) is 5.82 Å². The van der Waals surface area contributed by atoms with E-state index in [0.717, 1.165) is 49.9 Å². The zero-order chi connectivity index (χ0) is 21.1. The van der Waals surface area contributed by atoms with Gasteiger partial charge in [-0.3, -0.25) is 14.7 Å². The van der Waals surface area contributed by atoms with Crippen LogP contribution in [0.3, 0.4) is 0 Å². The number of pyridine rings is 1. The maximum Gasteiger partial charge on any atom is 0.419 e. The molecule has 3 aromatic rings. The molecule has 5 heterocycles. The Morgan fingerprint density at radius 1 is 1.20 bits per heavy atom. The Labute approximate surface area is 175 Å². The van der Waals surface area contributed by atoms with Crippen molar-refractivity contribution in [3.63, 3.8) is 0 Å². The summed E-state index contributed by atoms with van der Waals surface area (Å²) in [7, 11) is 0. The largest absolute Gasteiger partial charge is 0.419 e. The zero-order valence-electron chi connectivity index (χ0n) is 15.9. The number of nitrogens with one attached hydrogen (secondary N) is 1. The standard InChI is InChI=1S/C19H19ClF3N7/c20-13-8-26-27-15(13)9-29-3-1-18(10-29)2-4-30-16(18)6-14(28-30)11-5-12(19(21,22)23)17(24)25-7-11/h5-8H,1-4,9-10H2,(H2,24,25)(H,26,27)/t18-/m1/s1. The van der Waals surface area contributed by atoms with Gasteiger partial charge in [0, 0.05) is 42.5 Å². The number of aryl methyl sites for hydroxylation is 1. The Morgan fingerprint density at radius 2 is 2.00 bits per heavy atom. The summed E-state index contributed by atoms with van der Waals surface area (Å²) < 4.78 is 41.5. The Morgan fingerprint density at radius 3 is 2.73 bits per heavy atom. The van der Waals surface area contributed by atoms with E-state index in [-0.39, 0.29) is 5.41 Å². The van der Waals surface area contributed by atoms with Crippen molar-refractivity contribution in [1.82, 2.24) is 29.9 Å². The van der Waals surface area contributed by atoms with Crippen LogP contribution in [0, 0.1) is 0 Å². The number of hydrogen-bond acceptors (Lipinski definition) is 5. The summed E-state index contributed by atoms with van der Waals surface area (Å²) in [5.41, 5.74) is 7.16. The summed E-state index contributed by atoms with van der Waals surface area (Å²) in [6.07, 6.45) is 0.289. The number of H-pyrrole nitrogens is 1. The Balaban J connectivity index is 1.42. The minimum absolute atomic E-state index is 0.0636. The summed E-state index contributed by atoms with van der Waals surface area (Å²) in [6, 6.07) is 2.92. The summed E-state index contributed by atoms with van der Waals surface area (Å²) in [4.78, 5) is 6.05. The lowest BCUT2D eigenvalue weighted by atomic mass is 9.82. The Hall–Kier alpha value is -2.59. The van der Waals surface area contributed by atoms with Gasteiger partial charge in [-0.1, -0.05) is 11.6 Å². The number of alkyl halides is 3. The minimum atomic E-state index is -4.56. The van der Waals surface area contributed by atoms with Gasteiger partial charge < -0.3 is 5.73 Å². The molecule has 7 nitrogen and oxygen atoms in total. The number of likely N-dealkylation sites (tertiary alicyclic amines) is 1. The highest BCUT2D eigenvalue weighted by molar-refractivity contribution is 6.31. The topological polar surface area (TPSA) is 88.6 Å². The summed E-state index contributed by atoms with van der Waals surface area (Å²) >= 11 is 6.15. The maximum atomic E-state index is 13.2. The molecule has 1 saturated heterocycles. The van der Waals surface area contributed by atoms with Gasteiger partial charge in [-0.2, -0.15) is 23.4 Å². The van der Waals surface area contributed by atoms with E-state index in [2.05, 4.69) is 25.2 Å². The molecule has 0 aromatic carbocycles. The van der Waals surface area contributed by atoms with Crippen LogP contribution in [0.4, 0.5) is 19.0 Å². The molecule has 0 radical (unpaired) electrons. The lowest BCUT2D eigenvalue weighted by Crippen LogP contribution is -2.29. The molecule has 0 unspecified atom stereocenters. The number of hydrogen-bond donors (Lipinski definition) is 2. The second-order valence-corrected chi connectivity index (χ2v) is 8.39. The molecule has 158 valence electrons. The van der Waals surface area contributed by atoms with Crippen LogP contribution in [0.25, 0.3) is 11.3 Å². The molecule has 0 aliphatic carbocycles. The van der Waals surface area contributed by atoms with Gasteiger partial charge in [-0.25, -0.2) is 4.98 Å². The smallest absolute Gasteiger partial charge is 0.383 e. The number of anilines is 1. The molecule has 1 spiro atoms. The summed E-state index contributed by atoms with van der Waals surface area (Å²) in [5.74, 6) is -0.529. The molecule has 1 atom stereocenters. The first-order valence-corrected chi connectivity index (χ1v) is 9.94. The fraction of sp³-hybridized carbons (Fsp3) is 0.421. The normalized spacial score (nSPS) is 21.6. The number of halogens is 4. The molecular weight excluding hydrogens is 419 g/mol. The van der Waals surface area contributed by atoms with Crippen molar-refractivity contribution in [3.8, 4) is 11.3 Å². The molecule has 5 rings (SSSR count). The van der Waals surface area contributed by atoms with Crippen LogP contribution in [0.1, 0.15) is 29.8 Å². The lowest BCUT2D eigenvalue weighted by molar-refractivity contribution is -0.137. The number of rotatable bonds is 3. The first-order chi connectivity index (χ1) is 14.2. The van der Waals surface area contributed by atoms with Gasteiger partial charge in [0.25, 0.3) is 0 Å². The van der Waals surface area contributed by atoms with Crippen molar-refractivity contribution in [2.45, 2.75) is 37.5 Å². The second kappa shape index (κ2) is 6.71. The zero-order valence-corrected chi connectivity index (χ0v) is 16.6. The molecule has 2 aliphatic rings. The first kappa shape index (κ1) is 19.4. The molecule has 3 aromatic heterocycles. The van der Waals surface area contributed by atoms with Crippen molar-refractivity contribution < 1.29 is 13.2 Å². The summed E-state index contributed by atoms with van der Waals surface area (Å²) in [6.45, 7) is 3.15. The number of nitrogens with two attached hydrogens (primary N) is 1. The first-order valence-electron chi connectivity index (χ1n) is 9.57. The molecule has 30 heavy (non-hydrogen) atoms. The molecule has 11 heteroatoms. The predicted molar refractivity (Wildman–Crippen MR) is 105 cm³/mol. The summed E-state index contributed by atoms with van der Waals surface area (Å²) in [5, 5.41) is 12.1. The number of aromatic nitrogens is 5. The second-order valence-electron chi connectivity index (χ2n) is 7.98. The van der Waals surface area contributed by atoms with E-state index >= 15 is 0 Å². The van der Waals surface area contributed by atoms with Gasteiger partial charge >= 0.3 is 6.18 Å². The van der Waals surface area contributed by atoms with Gasteiger partial charge in [-0.15, -0.1) is 0 Å². The molecule has 0 bridgehead atoms. The van der Waals surface area contributed by atoms with Crippen molar-refractivity contribution in [3.05, 3.63) is 46.5 Å². The van der Waals surface area contributed by atoms with Gasteiger partial charge in [0.15, 0.2) is 0 Å². The lowest BCUT2D eigenvalue weighted by Gasteiger charge is -2.23. The van der Waals surface area contributed by atoms with Crippen molar-refractivity contribution in [2.24, 2.45) is 0 Å². The number of fused-ring (bicyclic) bond motifs is 2. The van der Waals surface area contributed by atoms with Gasteiger partial charge in [0.2, 0.25) is 0 Å². The van der Waals surface area contributed by atoms with Crippen molar-refractivity contribution >= 4 is 17.4 Å². The average Bonchev–Trinajstić information content (AvgIpc) is 3.44. The van der Waals surface area contributed by atoms with Crippen molar-refractivity contribution in [2.75, 3.05) is 18.8 Å². The van der Waals surface area contributed by atoms with Crippen LogP contribution >= 0.6 is 11.6 Å². The number of nitrogens with zero attached hydrogens (tertiary/aromatic N) is 5. The highest BCUT2D eigenvalue weighted by Crippen LogP contribution is 2.44. The highest BCUT2D eigenvalue weighted by atomic mass is 35.5. The quantitative estimate of drug-likeness (QED) is 0.655. The van der Waals surface area contributed by atoms with Crippen LogP contribution in [0.15, 0.2) is 24.5 Å². The minimum Gasteiger partial charge on any atom is -0.383 e. The van der Waals surface area contributed by atoms with E-state index in [1.165, 1.54) is 6.20 Å². The van der Waals surface area contributed by atoms with Crippen LogP contribution in [0.2, 0.25) is 5.02 Å². The van der Waals surface area contributed by atoms with Gasteiger partial charge in [-0.05, 0) is 31.5 Å². The van der Waals surface area contributed by atoms with Crippen LogP contribution in [-0.4, -0.2) is 43.0 Å². The van der Waals surface area contributed by atoms with E-state index in [1.54, 1.807) is 6.20 Å². The van der Waals surface area contributed by atoms with E-state index in [9.17, 15) is 13.2 Å². The molecule has 2 aliphatic heterocycles. The van der Waals surface area contributed by atoms with Crippen LogP contribution < -0.4 is 5.73 Å². The number of nitrogen functional groups attached to an aromatic ring is 1. The highest BCUT2D eigenvalue weighted by Gasteiger charge is 2.45. The Kier molecular flexibility index (Phi) is 4.33. The molecule has 3 N–H and O–H groups in total. The third-order valence-corrected chi connectivity index (χ3v) is 6.45. The fourth-order valence-corrected chi connectivity index (χ4v) is 4.74. The average molecular weight is 438 g/mol. The molecular formula is C19H19ClF3N7. The molecule has 0 amide bonds. The molecule has 1 fully saturated rings. The van der Waals surface area contributed by atoms with E-state index < -0.39 is 17.6 Å². The van der Waals surface area contributed by atoms with E-state index in [4.69, 9.17) is 17.3 Å². The van der Waals surface area contributed by atoms with Crippen LogP contribution in [-0.2, 0) is 24.7 Å². The van der Waals surface area contributed by atoms with E-state index in [1.807, 2.05) is 10.7 Å². The number of aromatic amines is 1. The monoisotopic (exact) mass is 437 g/mol. The third kappa shape index (κ3) is 3.14. The third-order valence-electron chi connectivity index (χ3n) is 6.13. The van der Waals surface area contributed by atoms with E-state index in [0.29, 0.717) is 22.8 Å². The SMILES string of the molecule is Nc1ncc(-c2cc3n(n2)CC[C@@]32CCN(Cc3[nH]ncc3Cl)C2)cc1C(F)(F)F. The maximum absolute atomic E-state index is 13.2. The fourth-order valence-electron chi connectivity index (χ4n) is 4.58. The van der Waals surface area contributed by atoms with Gasteiger partial charge in [0.05, 0.1) is 28.2 Å². The Bertz CT molecular complexity index is 1110.